The number of aromatic nitrogens is 3. The van der Waals surface area contributed by atoms with Crippen LogP contribution >= 0.6 is 31.9 Å². The van der Waals surface area contributed by atoms with Crippen molar-refractivity contribution in [2.24, 2.45) is 0 Å². The molecule has 0 unspecified atom stereocenters. The molecule has 0 amide bonds. The second-order valence-corrected chi connectivity index (χ2v) is 6.30. The minimum atomic E-state index is 0.697. The lowest BCUT2D eigenvalue weighted by atomic mass is 10.3. The molecule has 20 heavy (non-hydrogen) atoms. The van der Waals surface area contributed by atoms with Crippen molar-refractivity contribution in [1.82, 2.24) is 14.6 Å². The smallest absolute Gasteiger partial charge is 0.155 e. The van der Waals surface area contributed by atoms with Crippen LogP contribution < -0.4 is 5.32 Å². The van der Waals surface area contributed by atoms with E-state index in [0.29, 0.717) is 6.54 Å². The fraction of sp³-hybridized carbons (Fsp3) is 0.143. The third-order valence-corrected chi connectivity index (χ3v) is 4.05. The van der Waals surface area contributed by atoms with Crippen molar-refractivity contribution in [3.05, 3.63) is 56.9 Å². The molecule has 0 bridgehead atoms. The standard InChI is InChI=1S/C14H12Br2N4/c1-9-4-14-18-7-10(8-20(14)19-9)6-17-13-3-2-11(15)5-12(13)16/h2-5,7-8,17H,6H2,1H3. The Morgan fingerprint density at radius 3 is 2.90 bits per heavy atom. The van der Waals surface area contributed by atoms with Crippen molar-refractivity contribution in [1.29, 1.82) is 0 Å². The Morgan fingerprint density at radius 2 is 2.10 bits per heavy atom. The van der Waals surface area contributed by atoms with Crippen LogP contribution in [0.25, 0.3) is 5.65 Å². The second kappa shape index (κ2) is 5.54. The SMILES string of the molecule is Cc1cc2ncc(CNc3ccc(Br)cc3Br)cn2n1. The predicted octanol–water partition coefficient (Wildman–Crippen LogP) is 4.17. The van der Waals surface area contributed by atoms with Gasteiger partial charge in [0.1, 0.15) is 0 Å². The summed E-state index contributed by atoms with van der Waals surface area (Å²) in [7, 11) is 0. The highest BCUT2D eigenvalue weighted by molar-refractivity contribution is 9.11. The van der Waals surface area contributed by atoms with Crippen molar-refractivity contribution >= 4 is 43.2 Å². The van der Waals surface area contributed by atoms with Gasteiger partial charge in [0, 0.05) is 45.2 Å². The third kappa shape index (κ3) is 2.86. The molecule has 0 aliphatic carbocycles. The van der Waals surface area contributed by atoms with E-state index in [0.717, 1.165) is 31.5 Å². The molecule has 0 saturated heterocycles. The number of nitrogens with zero attached hydrogens (tertiary/aromatic N) is 3. The molecule has 6 heteroatoms. The summed E-state index contributed by atoms with van der Waals surface area (Å²) in [5.41, 5.74) is 3.97. The van der Waals surface area contributed by atoms with Crippen molar-refractivity contribution in [2.75, 3.05) is 5.32 Å². The van der Waals surface area contributed by atoms with E-state index in [1.165, 1.54) is 0 Å². The Kier molecular flexibility index (Phi) is 3.76. The van der Waals surface area contributed by atoms with E-state index in [1.54, 1.807) is 0 Å². The molecule has 3 rings (SSSR count). The number of rotatable bonds is 3. The molecule has 0 fully saturated rings. The molecule has 1 aromatic carbocycles. The van der Waals surface area contributed by atoms with Gasteiger partial charge in [-0.15, -0.1) is 0 Å². The summed E-state index contributed by atoms with van der Waals surface area (Å²) in [6.07, 6.45) is 3.87. The Hall–Kier alpha value is -1.40. The quantitative estimate of drug-likeness (QED) is 0.723. The zero-order valence-electron chi connectivity index (χ0n) is 10.8. The van der Waals surface area contributed by atoms with Gasteiger partial charge in [-0.1, -0.05) is 15.9 Å². The van der Waals surface area contributed by atoms with Crippen molar-refractivity contribution in [3.63, 3.8) is 0 Å². The van der Waals surface area contributed by atoms with Gasteiger partial charge >= 0.3 is 0 Å². The van der Waals surface area contributed by atoms with E-state index in [1.807, 2.05) is 48.1 Å². The topological polar surface area (TPSA) is 42.2 Å². The zero-order valence-corrected chi connectivity index (χ0v) is 13.9. The second-order valence-electron chi connectivity index (χ2n) is 4.53. The van der Waals surface area contributed by atoms with Gasteiger partial charge < -0.3 is 5.32 Å². The van der Waals surface area contributed by atoms with Crippen LogP contribution in [-0.2, 0) is 6.54 Å². The first-order valence-electron chi connectivity index (χ1n) is 6.12. The van der Waals surface area contributed by atoms with Crippen LogP contribution in [0.3, 0.4) is 0 Å². The summed E-state index contributed by atoms with van der Waals surface area (Å²) in [5, 5.41) is 7.75. The van der Waals surface area contributed by atoms with Gasteiger partial charge in [-0.2, -0.15) is 5.10 Å². The van der Waals surface area contributed by atoms with Gasteiger partial charge in [0.2, 0.25) is 0 Å². The Bertz CT molecular complexity index is 767. The Morgan fingerprint density at radius 1 is 1.25 bits per heavy atom. The highest BCUT2D eigenvalue weighted by atomic mass is 79.9. The average Bonchev–Trinajstić information content (AvgIpc) is 2.77. The van der Waals surface area contributed by atoms with Crippen LogP contribution in [0.1, 0.15) is 11.3 Å². The molecule has 102 valence electrons. The van der Waals surface area contributed by atoms with Crippen molar-refractivity contribution < 1.29 is 0 Å². The van der Waals surface area contributed by atoms with Crippen LogP contribution in [0.5, 0.6) is 0 Å². The molecule has 0 atom stereocenters. The van der Waals surface area contributed by atoms with Crippen molar-refractivity contribution in [2.45, 2.75) is 13.5 Å². The normalized spacial score (nSPS) is 10.9. The fourth-order valence-corrected chi connectivity index (χ4v) is 3.14. The fourth-order valence-electron chi connectivity index (χ4n) is 1.96. The number of aryl methyl sites for hydroxylation is 1. The van der Waals surface area contributed by atoms with Crippen LogP contribution in [0.15, 0.2) is 45.6 Å². The molecule has 0 aliphatic rings. The van der Waals surface area contributed by atoms with E-state index >= 15 is 0 Å². The molecular weight excluding hydrogens is 384 g/mol. The first kappa shape index (κ1) is 13.6. The highest BCUT2D eigenvalue weighted by Crippen LogP contribution is 2.26. The molecule has 2 heterocycles. The van der Waals surface area contributed by atoms with Gasteiger partial charge in [0.25, 0.3) is 0 Å². The maximum Gasteiger partial charge on any atom is 0.155 e. The van der Waals surface area contributed by atoms with E-state index < -0.39 is 0 Å². The first-order chi connectivity index (χ1) is 9.61. The minimum absolute atomic E-state index is 0.697. The van der Waals surface area contributed by atoms with E-state index in [4.69, 9.17) is 0 Å². The molecule has 2 aromatic heterocycles. The lowest BCUT2D eigenvalue weighted by Crippen LogP contribution is -2.02. The number of fused-ring (bicyclic) bond motifs is 1. The molecule has 0 spiro atoms. The van der Waals surface area contributed by atoms with Crippen molar-refractivity contribution in [3.8, 4) is 0 Å². The first-order valence-corrected chi connectivity index (χ1v) is 7.70. The summed E-state index contributed by atoms with van der Waals surface area (Å²) < 4.78 is 3.88. The molecule has 3 aromatic rings. The van der Waals surface area contributed by atoms with E-state index in [2.05, 4.69) is 47.3 Å². The number of benzene rings is 1. The van der Waals surface area contributed by atoms with Crippen LogP contribution in [-0.4, -0.2) is 14.6 Å². The van der Waals surface area contributed by atoms with Gasteiger partial charge in [-0.25, -0.2) is 9.50 Å². The minimum Gasteiger partial charge on any atom is -0.380 e. The number of hydrogen-bond donors (Lipinski definition) is 1. The van der Waals surface area contributed by atoms with Crippen LogP contribution in [0, 0.1) is 6.92 Å². The maximum atomic E-state index is 4.39. The highest BCUT2D eigenvalue weighted by Gasteiger charge is 2.03. The van der Waals surface area contributed by atoms with E-state index in [9.17, 15) is 0 Å². The largest absolute Gasteiger partial charge is 0.380 e. The molecule has 0 aliphatic heterocycles. The van der Waals surface area contributed by atoms with Gasteiger partial charge in [-0.3, -0.25) is 0 Å². The summed E-state index contributed by atoms with van der Waals surface area (Å²) in [4.78, 5) is 4.39. The van der Waals surface area contributed by atoms with Gasteiger partial charge in [0.15, 0.2) is 5.65 Å². The average molecular weight is 396 g/mol. The maximum absolute atomic E-state index is 4.39. The predicted molar refractivity (Wildman–Crippen MR) is 86.9 cm³/mol. The lowest BCUT2D eigenvalue weighted by Gasteiger charge is -2.09. The molecule has 1 N–H and O–H groups in total. The monoisotopic (exact) mass is 394 g/mol. The lowest BCUT2D eigenvalue weighted by molar-refractivity contribution is 0.895. The third-order valence-electron chi connectivity index (χ3n) is 2.90. The number of halogens is 2. The molecule has 4 nitrogen and oxygen atoms in total. The molecular formula is C14H12Br2N4. The van der Waals surface area contributed by atoms with Gasteiger partial charge in [-0.05, 0) is 41.1 Å². The zero-order chi connectivity index (χ0) is 14.1. The summed E-state index contributed by atoms with van der Waals surface area (Å²) >= 11 is 6.98. The number of nitrogens with one attached hydrogen (secondary N) is 1. The van der Waals surface area contributed by atoms with Gasteiger partial charge in [0.05, 0.1) is 5.69 Å². The van der Waals surface area contributed by atoms with Crippen LogP contribution in [0.2, 0.25) is 0 Å². The van der Waals surface area contributed by atoms with Crippen LogP contribution in [0.4, 0.5) is 5.69 Å². The summed E-state index contributed by atoms with van der Waals surface area (Å²) in [6, 6.07) is 8.01. The number of hydrogen-bond acceptors (Lipinski definition) is 3. The van der Waals surface area contributed by atoms with E-state index in [-0.39, 0.29) is 0 Å². The summed E-state index contributed by atoms with van der Waals surface area (Å²) in [5.74, 6) is 0. The molecule has 0 radical (unpaired) electrons. The Labute approximate surface area is 133 Å². The Balaban J connectivity index is 1.79. The number of anilines is 1. The summed E-state index contributed by atoms with van der Waals surface area (Å²) in [6.45, 7) is 2.66. The molecule has 0 saturated carbocycles.